The molecule has 0 saturated heterocycles. The highest BCUT2D eigenvalue weighted by atomic mass is 16.2. The lowest BCUT2D eigenvalue weighted by molar-refractivity contribution is -0.145. The topological polar surface area (TPSA) is 109 Å². The molecule has 38 heavy (non-hydrogen) atoms. The second-order valence-corrected chi connectivity index (χ2v) is 10.1. The van der Waals surface area contributed by atoms with Gasteiger partial charge in [0, 0.05) is 50.5 Å². The summed E-state index contributed by atoms with van der Waals surface area (Å²) in [6.07, 6.45) is 0. The Hall–Kier alpha value is -3.76. The maximum Gasteiger partial charge on any atom is 0.256 e. The number of hydrogen-bond acceptors (Lipinski definition) is 7. The lowest BCUT2D eigenvalue weighted by Crippen LogP contribution is -2.48. The normalized spacial score (nSPS) is 13.0. The number of benzene rings is 2. The van der Waals surface area contributed by atoms with Crippen LogP contribution in [-0.4, -0.2) is 76.3 Å². The minimum absolute atomic E-state index is 0.0539. The van der Waals surface area contributed by atoms with E-state index in [0.29, 0.717) is 38.0 Å². The molecule has 3 N–H and O–H groups in total. The summed E-state index contributed by atoms with van der Waals surface area (Å²) in [6.45, 7) is 10.6. The number of rotatable bonds is 11. The van der Waals surface area contributed by atoms with Crippen LogP contribution in [0.1, 0.15) is 36.4 Å². The summed E-state index contributed by atoms with van der Waals surface area (Å²) in [5.41, 5.74) is 5.02. The first kappa shape index (κ1) is 27.3. The molecule has 0 unspecified atom stereocenters. The van der Waals surface area contributed by atoms with Crippen molar-refractivity contribution < 1.29 is 9.59 Å². The van der Waals surface area contributed by atoms with Crippen molar-refractivity contribution in [1.82, 2.24) is 35.8 Å². The molecule has 0 aliphatic carbocycles. The number of aromatic amines is 1. The van der Waals surface area contributed by atoms with Crippen molar-refractivity contribution in [1.29, 1.82) is 0 Å². The fourth-order valence-electron chi connectivity index (χ4n) is 4.53. The fraction of sp³-hybridized carbons (Fsp3) is 0.429. The second kappa shape index (κ2) is 12.2. The van der Waals surface area contributed by atoms with Gasteiger partial charge in [0.25, 0.3) is 5.91 Å². The van der Waals surface area contributed by atoms with Crippen molar-refractivity contribution in [2.24, 2.45) is 0 Å². The van der Waals surface area contributed by atoms with Gasteiger partial charge >= 0.3 is 0 Å². The first-order chi connectivity index (χ1) is 18.2. The van der Waals surface area contributed by atoms with E-state index in [1.54, 1.807) is 12.1 Å². The Morgan fingerprint density at radius 2 is 1.76 bits per heavy atom. The average Bonchev–Trinajstić information content (AvgIpc) is 3.52. The van der Waals surface area contributed by atoms with Crippen molar-refractivity contribution in [3.8, 4) is 11.4 Å². The standard InChI is InChI=1S/C28H38N8O2/c1-19(2)29-12-13-30-26(37)17-35(25-14-22(11-10-20(25)3)28-31-21(4)32-33-28)18-27(38)34(5)36-15-23-8-6-7-9-24(23)16-36/h6-11,14,19,29H,12-13,15-18H2,1-5H3,(H,30,37)(H,31,32,33). The van der Waals surface area contributed by atoms with Gasteiger partial charge in [-0.05, 0) is 36.6 Å². The lowest BCUT2D eigenvalue weighted by Gasteiger charge is -2.32. The Bertz CT molecular complexity index is 1250. The Morgan fingerprint density at radius 1 is 1.05 bits per heavy atom. The van der Waals surface area contributed by atoms with Crippen molar-refractivity contribution in [3.05, 3.63) is 65.0 Å². The van der Waals surface area contributed by atoms with Gasteiger partial charge in [-0.25, -0.2) is 9.99 Å². The number of carbonyl (C=O) groups excluding carboxylic acids is 2. The molecule has 202 valence electrons. The third-order valence-corrected chi connectivity index (χ3v) is 6.67. The van der Waals surface area contributed by atoms with E-state index in [4.69, 9.17) is 0 Å². The number of carbonyl (C=O) groups is 2. The van der Waals surface area contributed by atoms with Gasteiger partial charge < -0.3 is 15.5 Å². The molecule has 0 spiro atoms. The molecule has 3 aromatic rings. The molecular formula is C28H38N8O2. The number of amides is 2. The average molecular weight is 519 g/mol. The molecule has 0 fully saturated rings. The summed E-state index contributed by atoms with van der Waals surface area (Å²) in [7, 11) is 1.80. The van der Waals surface area contributed by atoms with E-state index < -0.39 is 0 Å². The van der Waals surface area contributed by atoms with Gasteiger partial charge in [-0.15, -0.1) is 0 Å². The van der Waals surface area contributed by atoms with E-state index in [0.717, 1.165) is 22.6 Å². The third-order valence-electron chi connectivity index (χ3n) is 6.67. The lowest BCUT2D eigenvalue weighted by atomic mass is 10.1. The largest absolute Gasteiger partial charge is 0.353 e. The SMILES string of the molecule is Cc1nc(-c2ccc(C)c(N(CC(=O)NCCNC(C)C)CC(=O)N(C)N3Cc4ccccc4C3)c2)n[nH]1. The number of H-pyrrole nitrogens is 1. The fourth-order valence-corrected chi connectivity index (χ4v) is 4.53. The summed E-state index contributed by atoms with van der Waals surface area (Å²) in [6, 6.07) is 14.4. The predicted octanol–water partition coefficient (Wildman–Crippen LogP) is 2.40. The van der Waals surface area contributed by atoms with Gasteiger partial charge in [0.2, 0.25) is 5.91 Å². The monoisotopic (exact) mass is 518 g/mol. The number of likely N-dealkylation sites (N-methyl/N-ethyl adjacent to an activating group) is 1. The van der Waals surface area contributed by atoms with Crippen LogP contribution in [0, 0.1) is 13.8 Å². The summed E-state index contributed by atoms with van der Waals surface area (Å²) in [4.78, 5) is 32.8. The molecule has 0 saturated carbocycles. The molecule has 10 nitrogen and oxygen atoms in total. The second-order valence-electron chi connectivity index (χ2n) is 10.1. The highest BCUT2D eigenvalue weighted by Crippen LogP contribution is 2.27. The molecule has 2 heterocycles. The highest BCUT2D eigenvalue weighted by Gasteiger charge is 2.27. The zero-order valence-electron chi connectivity index (χ0n) is 22.9. The molecule has 0 radical (unpaired) electrons. The van der Waals surface area contributed by atoms with Crippen LogP contribution in [0.15, 0.2) is 42.5 Å². The number of aromatic nitrogens is 3. The molecule has 0 atom stereocenters. The molecule has 4 rings (SSSR count). The van der Waals surface area contributed by atoms with Gasteiger partial charge in [-0.1, -0.05) is 50.2 Å². The van der Waals surface area contributed by atoms with Crippen molar-refractivity contribution in [3.63, 3.8) is 0 Å². The van der Waals surface area contributed by atoms with Crippen LogP contribution in [0.3, 0.4) is 0 Å². The maximum atomic E-state index is 13.5. The zero-order chi connectivity index (χ0) is 27.2. The van der Waals surface area contributed by atoms with Crippen LogP contribution < -0.4 is 15.5 Å². The van der Waals surface area contributed by atoms with Crippen LogP contribution >= 0.6 is 0 Å². The third kappa shape index (κ3) is 6.76. The van der Waals surface area contributed by atoms with Gasteiger partial charge in [0.05, 0.1) is 13.1 Å². The van der Waals surface area contributed by atoms with E-state index in [-0.39, 0.29) is 24.9 Å². The number of anilines is 1. The maximum absolute atomic E-state index is 13.5. The first-order valence-electron chi connectivity index (χ1n) is 13.0. The summed E-state index contributed by atoms with van der Waals surface area (Å²) in [5.74, 6) is 1.06. The number of nitrogens with zero attached hydrogens (tertiary/aromatic N) is 5. The summed E-state index contributed by atoms with van der Waals surface area (Å²) < 4.78 is 0. The Balaban J connectivity index is 1.52. The first-order valence-corrected chi connectivity index (χ1v) is 13.0. The van der Waals surface area contributed by atoms with Crippen LogP contribution in [0.2, 0.25) is 0 Å². The van der Waals surface area contributed by atoms with Crippen LogP contribution in [0.4, 0.5) is 5.69 Å². The molecule has 2 aromatic carbocycles. The summed E-state index contributed by atoms with van der Waals surface area (Å²) >= 11 is 0. The molecule has 0 bridgehead atoms. The number of aryl methyl sites for hydroxylation is 2. The molecular weight excluding hydrogens is 480 g/mol. The Morgan fingerprint density at radius 3 is 2.39 bits per heavy atom. The Kier molecular flexibility index (Phi) is 8.75. The van der Waals surface area contributed by atoms with Crippen molar-refractivity contribution >= 4 is 17.5 Å². The molecule has 2 amide bonds. The highest BCUT2D eigenvalue weighted by molar-refractivity contribution is 5.87. The Labute approximate surface area is 224 Å². The van der Waals surface area contributed by atoms with Gasteiger partial charge in [0.15, 0.2) is 5.82 Å². The van der Waals surface area contributed by atoms with Crippen LogP contribution in [-0.2, 0) is 22.7 Å². The molecule has 10 heteroatoms. The van der Waals surface area contributed by atoms with Gasteiger partial charge in [-0.3, -0.25) is 19.7 Å². The molecule has 1 aliphatic heterocycles. The van der Waals surface area contributed by atoms with Gasteiger partial charge in [0.1, 0.15) is 5.82 Å². The number of nitrogens with one attached hydrogen (secondary N) is 3. The van der Waals surface area contributed by atoms with Crippen molar-refractivity contribution in [2.45, 2.75) is 46.8 Å². The minimum Gasteiger partial charge on any atom is -0.353 e. The van der Waals surface area contributed by atoms with E-state index in [1.807, 2.05) is 54.1 Å². The van der Waals surface area contributed by atoms with E-state index in [2.05, 4.69) is 51.8 Å². The number of hydrazine groups is 1. The van der Waals surface area contributed by atoms with Crippen molar-refractivity contribution in [2.75, 3.05) is 38.1 Å². The smallest absolute Gasteiger partial charge is 0.256 e. The zero-order valence-corrected chi connectivity index (χ0v) is 22.9. The van der Waals surface area contributed by atoms with Crippen LogP contribution in [0.25, 0.3) is 11.4 Å². The number of hydrogen-bond donors (Lipinski definition) is 3. The quantitative estimate of drug-likeness (QED) is 0.335. The van der Waals surface area contributed by atoms with E-state index in [1.165, 1.54) is 11.1 Å². The molecule has 1 aliphatic rings. The van der Waals surface area contributed by atoms with E-state index >= 15 is 0 Å². The van der Waals surface area contributed by atoms with Gasteiger partial charge in [-0.2, -0.15) is 5.10 Å². The molecule has 1 aromatic heterocycles. The summed E-state index contributed by atoms with van der Waals surface area (Å²) in [5, 5.41) is 17.1. The van der Waals surface area contributed by atoms with E-state index in [9.17, 15) is 9.59 Å². The predicted molar refractivity (Wildman–Crippen MR) is 148 cm³/mol. The minimum atomic E-state index is -0.141. The number of fused-ring (bicyclic) bond motifs is 1. The van der Waals surface area contributed by atoms with Crippen LogP contribution in [0.5, 0.6) is 0 Å².